The molecule has 0 radical (unpaired) electrons. The maximum atomic E-state index is 13.4. The van der Waals surface area contributed by atoms with Crippen LogP contribution in [0.15, 0.2) is 78.9 Å². The van der Waals surface area contributed by atoms with Crippen LogP contribution < -0.4 is 14.4 Å². The van der Waals surface area contributed by atoms with Gasteiger partial charge in [-0.05, 0) is 29.8 Å². The molecule has 6 heteroatoms. The van der Waals surface area contributed by atoms with Crippen molar-refractivity contribution in [3.8, 4) is 11.5 Å². The van der Waals surface area contributed by atoms with Crippen LogP contribution in [0.1, 0.15) is 27.9 Å². The summed E-state index contributed by atoms with van der Waals surface area (Å²) < 4.78 is 10.5. The summed E-state index contributed by atoms with van der Waals surface area (Å²) in [5.74, 6) is -0.113. The van der Waals surface area contributed by atoms with E-state index in [9.17, 15) is 14.7 Å². The van der Waals surface area contributed by atoms with Gasteiger partial charge in [-0.15, -0.1) is 0 Å². The van der Waals surface area contributed by atoms with Gasteiger partial charge in [0.05, 0.1) is 31.9 Å². The highest BCUT2D eigenvalue weighted by Crippen LogP contribution is 2.43. The van der Waals surface area contributed by atoms with Gasteiger partial charge in [0.2, 0.25) is 0 Å². The first-order chi connectivity index (χ1) is 16.0. The Bertz CT molecular complexity index is 1200. The number of para-hydroxylation sites is 1. The molecule has 0 saturated carbocycles. The van der Waals surface area contributed by atoms with Crippen molar-refractivity contribution in [1.29, 1.82) is 0 Å². The number of ketones is 1. The number of amides is 1. The maximum absolute atomic E-state index is 13.4. The molecule has 33 heavy (non-hydrogen) atoms. The number of hydrogen-bond donors (Lipinski definition) is 1. The maximum Gasteiger partial charge on any atom is 0.264 e. The van der Waals surface area contributed by atoms with Crippen molar-refractivity contribution in [3.05, 3.63) is 95.6 Å². The van der Waals surface area contributed by atoms with E-state index in [1.807, 2.05) is 42.5 Å². The Kier molecular flexibility index (Phi) is 6.29. The smallest absolute Gasteiger partial charge is 0.264 e. The van der Waals surface area contributed by atoms with Gasteiger partial charge in [-0.25, -0.2) is 0 Å². The number of carbonyl (C=O) groups is 2. The molecule has 4 rings (SSSR count). The van der Waals surface area contributed by atoms with Crippen LogP contribution in [0.25, 0.3) is 6.08 Å². The number of fused-ring (bicyclic) bond motifs is 1. The van der Waals surface area contributed by atoms with Crippen LogP contribution in [0.5, 0.6) is 11.5 Å². The Labute approximate surface area is 192 Å². The van der Waals surface area contributed by atoms with E-state index in [4.69, 9.17) is 9.47 Å². The molecule has 1 aliphatic heterocycles. The predicted molar refractivity (Wildman–Crippen MR) is 127 cm³/mol. The molecular weight excluding hydrogens is 418 g/mol. The van der Waals surface area contributed by atoms with E-state index < -0.39 is 23.7 Å². The van der Waals surface area contributed by atoms with Crippen molar-refractivity contribution < 1.29 is 24.2 Å². The van der Waals surface area contributed by atoms with Gasteiger partial charge in [0.25, 0.3) is 5.91 Å². The zero-order valence-corrected chi connectivity index (χ0v) is 18.5. The normalized spacial score (nSPS) is 17.3. The number of carbonyl (C=O) groups excluding carboxylic acids is 2. The molecule has 0 spiro atoms. The largest absolute Gasteiger partial charge is 0.497 e. The van der Waals surface area contributed by atoms with Gasteiger partial charge >= 0.3 is 0 Å². The third-order valence-electron chi connectivity index (χ3n) is 5.76. The second kappa shape index (κ2) is 9.30. The van der Waals surface area contributed by atoms with Crippen LogP contribution in [0.3, 0.4) is 0 Å². The zero-order valence-electron chi connectivity index (χ0n) is 18.5. The standard InChI is InChI=1S/C27H25NO5/c1-32-20-14-15-25(33-2)21(17-20)24(29)18-27(31)22-12-6-7-13-23(22)28(26(27)30)16-8-11-19-9-4-3-5-10-19/h3-15,17,31H,16,18H2,1-2H3. The third-order valence-corrected chi connectivity index (χ3v) is 5.76. The summed E-state index contributed by atoms with van der Waals surface area (Å²) in [6.07, 6.45) is 3.37. The Morgan fingerprint density at radius 1 is 1.00 bits per heavy atom. The minimum Gasteiger partial charge on any atom is -0.497 e. The first-order valence-electron chi connectivity index (χ1n) is 10.6. The van der Waals surface area contributed by atoms with Crippen molar-refractivity contribution in [1.82, 2.24) is 0 Å². The Hall–Kier alpha value is -3.90. The van der Waals surface area contributed by atoms with Crippen molar-refractivity contribution >= 4 is 23.5 Å². The molecule has 1 N–H and O–H groups in total. The van der Waals surface area contributed by atoms with E-state index in [0.717, 1.165) is 5.56 Å². The number of Topliss-reactive ketones (excluding diaryl/α,β-unsaturated/α-hetero) is 1. The molecule has 0 bridgehead atoms. The highest BCUT2D eigenvalue weighted by atomic mass is 16.5. The van der Waals surface area contributed by atoms with Crippen molar-refractivity contribution in [3.63, 3.8) is 0 Å². The number of anilines is 1. The molecule has 3 aromatic rings. The van der Waals surface area contributed by atoms with Crippen molar-refractivity contribution in [2.45, 2.75) is 12.0 Å². The molecule has 0 aliphatic carbocycles. The number of methoxy groups -OCH3 is 2. The van der Waals surface area contributed by atoms with Crippen LogP contribution in [0.2, 0.25) is 0 Å². The number of benzene rings is 3. The van der Waals surface area contributed by atoms with Crippen LogP contribution in [-0.2, 0) is 10.4 Å². The first kappa shape index (κ1) is 22.3. The fourth-order valence-corrected chi connectivity index (χ4v) is 4.08. The molecule has 168 valence electrons. The van der Waals surface area contributed by atoms with E-state index in [1.165, 1.54) is 19.1 Å². The summed E-state index contributed by atoms with van der Waals surface area (Å²) in [4.78, 5) is 28.1. The van der Waals surface area contributed by atoms with Gasteiger partial charge in [-0.2, -0.15) is 0 Å². The van der Waals surface area contributed by atoms with Gasteiger partial charge in [0.15, 0.2) is 11.4 Å². The minimum atomic E-state index is -1.97. The molecule has 0 saturated heterocycles. The van der Waals surface area contributed by atoms with Gasteiger partial charge in [0, 0.05) is 12.1 Å². The van der Waals surface area contributed by atoms with E-state index in [2.05, 4.69) is 0 Å². The van der Waals surface area contributed by atoms with E-state index >= 15 is 0 Å². The van der Waals surface area contributed by atoms with Crippen LogP contribution in [-0.4, -0.2) is 37.6 Å². The molecule has 1 atom stereocenters. The van der Waals surface area contributed by atoms with E-state index in [1.54, 1.807) is 42.5 Å². The summed E-state index contributed by atoms with van der Waals surface area (Å²) >= 11 is 0. The predicted octanol–water partition coefficient (Wildman–Crippen LogP) is 4.22. The molecular formula is C27H25NO5. The lowest BCUT2D eigenvalue weighted by atomic mass is 9.88. The summed E-state index contributed by atoms with van der Waals surface area (Å²) in [6.45, 7) is 0.268. The fraction of sp³-hybridized carbons (Fsp3) is 0.185. The highest BCUT2D eigenvalue weighted by Gasteiger charge is 2.50. The molecule has 1 heterocycles. The monoisotopic (exact) mass is 443 g/mol. The lowest BCUT2D eigenvalue weighted by molar-refractivity contribution is -0.135. The van der Waals surface area contributed by atoms with Gasteiger partial charge in [-0.3, -0.25) is 9.59 Å². The molecule has 0 aromatic heterocycles. The average molecular weight is 443 g/mol. The zero-order chi connectivity index (χ0) is 23.4. The number of nitrogens with zero attached hydrogens (tertiary/aromatic N) is 1. The quantitative estimate of drug-likeness (QED) is 0.528. The summed E-state index contributed by atoms with van der Waals surface area (Å²) in [5, 5.41) is 11.5. The Morgan fingerprint density at radius 3 is 2.45 bits per heavy atom. The van der Waals surface area contributed by atoms with Crippen LogP contribution >= 0.6 is 0 Å². The third kappa shape index (κ3) is 4.25. The second-order valence-corrected chi connectivity index (χ2v) is 7.77. The van der Waals surface area contributed by atoms with Gasteiger partial charge < -0.3 is 19.5 Å². The van der Waals surface area contributed by atoms with E-state index in [0.29, 0.717) is 22.7 Å². The lowest BCUT2D eigenvalue weighted by Gasteiger charge is -2.22. The fourth-order valence-electron chi connectivity index (χ4n) is 4.08. The van der Waals surface area contributed by atoms with E-state index in [-0.39, 0.29) is 12.1 Å². The number of aliphatic hydroxyl groups is 1. The summed E-state index contributed by atoms with van der Waals surface area (Å²) in [5.41, 5.74) is 0.292. The Balaban J connectivity index is 1.63. The molecule has 1 aliphatic rings. The van der Waals surface area contributed by atoms with Crippen molar-refractivity contribution in [2.75, 3.05) is 25.7 Å². The molecule has 1 unspecified atom stereocenters. The number of ether oxygens (including phenoxy) is 2. The van der Waals surface area contributed by atoms with Crippen LogP contribution in [0.4, 0.5) is 5.69 Å². The summed E-state index contributed by atoms with van der Waals surface area (Å²) in [7, 11) is 2.96. The van der Waals surface area contributed by atoms with Gasteiger partial charge in [-0.1, -0.05) is 60.7 Å². The minimum absolute atomic E-state index is 0.248. The summed E-state index contributed by atoms with van der Waals surface area (Å²) in [6, 6.07) is 21.6. The lowest BCUT2D eigenvalue weighted by Crippen LogP contribution is -2.42. The first-order valence-corrected chi connectivity index (χ1v) is 10.6. The molecule has 1 amide bonds. The number of hydrogen-bond acceptors (Lipinski definition) is 5. The average Bonchev–Trinajstić information content (AvgIpc) is 3.06. The Morgan fingerprint density at radius 2 is 1.73 bits per heavy atom. The number of rotatable bonds is 8. The molecule has 3 aromatic carbocycles. The second-order valence-electron chi connectivity index (χ2n) is 7.77. The molecule has 6 nitrogen and oxygen atoms in total. The van der Waals surface area contributed by atoms with Crippen LogP contribution in [0, 0.1) is 0 Å². The van der Waals surface area contributed by atoms with Crippen molar-refractivity contribution in [2.24, 2.45) is 0 Å². The van der Waals surface area contributed by atoms with Gasteiger partial charge in [0.1, 0.15) is 11.5 Å². The highest BCUT2D eigenvalue weighted by molar-refractivity contribution is 6.11. The SMILES string of the molecule is COc1ccc(OC)c(C(=O)CC2(O)C(=O)N(CC=Cc3ccccc3)c3ccccc32)c1. The molecule has 0 fully saturated rings. The topological polar surface area (TPSA) is 76.1 Å².